The van der Waals surface area contributed by atoms with Gasteiger partial charge in [0.25, 0.3) is 0 Å². The van der Waals surface area contributed by atoms with Gasteiger partial charge in [-0.15, -0.1) is 18.2 Å². The highest BCUT2D eigenvalue weighted by atomic mass is 32.2. The van der Waals surface area contributed by atoms with Crippen molar-refractivity contribution in [2.24, 2.45) is 0 Å². The lowest BCUT2D eigenvalue weighted by Crippen LogP contribution is -2.26. The molecule has 1 nitrogen and oxygen atoms in total. The Morgan fingerprint density at radius 3 is 2.79 bits per heavy atom. The maximum Gasteiger partial charge on any atom is 0.0658 e. The van der Waals surface area contributed by atoms with Crippen LogP contribution in [0.5, 0.6) is 0 Å². The van der Waals surface area contributed by atoms with Crippen molar-refractivity contribution in [3.63, 3.8) is 0 Å². The zero-order chi connectivity index (χ0) is 10.2. The molecule has 0 aliphatic heterocycles. The Balaban J connectivity index is 2.14. The molecule has 0 saturated carbocycles. The average Bonchev–Trinajstić information content (AvgIpc) is 2.25. The summed E-state index contributed by atoms with van der Waals surface area (Å²) in [7, 11) is 0. The molecule has 1 aromatic carbocycles. The highest BCUT2D eigenvalue weighted by Crippen LogP contribution is 2.15. The SMILES string of the molecule is C#CC(C)NCCSc1ccccc1. The number of terminal acetylenes is 1. The fourth-order valence-electron chi connectivity index (χ4n) is 1.02. The Labute approximate surface area is 90.3 Å². The second kappa shape index (κ2) is 6.53. The first-order valence-electron chi connectivity index (χ1n) is 4.70. The van der Waals surface area contributed by atoms with Crippen LogP contribution in [-0.4, -0.2) is 18.3 Å². The first kappa shape index (κ1) is 11.2. The minimum Gasteiger partial charge on any atom is -0.303 e. The minimum absolute atomic E-state index is 0.173. The second-order valence-corrected chi connectivity index (χ2v) is 4.17. The molecule has 14 heavy (non-hydrogen) atoms. The summed E-state index contributed by atoms with van der Waals surface area (Å²) in [6.45, 7) is 2.94. The van der Waals surface area contributed by atoms with Gasteiger partial charge in [-0.3, -0.25) is 0 Å². The molecule has 1 rings (SSSR count). The van der Waals surface area contributed by atoms with Crippen LogP contribution in [-0.2, 0) is 0 Å². The third-order valence-electron chi connectivity index (χ3n) is 1.81. The lowest BCUT2D eigenvalue weighted by Gasteiger charge is -2.06. The summed E-state index contributed by atoms with van der Waals surface area (Å²) < 4.78 is 0. The van der Waals surface area contributed by atoms with E-state index in [9.17, 15) is 0 Å². The number of thioether (sulfide) groups is 1. The Morgan fingerprint density at radius 2 is 2.14 bits per heavy atom. The van der Waals surface area contributed by atoms with E-state index in [1.807, 2.05) is 24.8 Å². The van der Waals surface area contributed by atoms with Gasteiger partial charge in [0.05, 0.1) is 6.04 Å². The fraction of sp³-hybridized carbons (Fsp3) is 0.333. The van der Waals surface area contributed by atoms with Crippen molar-refractivity contribution in [2.45, 2.75) is 17.9 Å². The van der Waals surface area contributed by atoms with E-state index in [-0.39, 0.29) is 6.04 Å². The number of rotatable bonds is 5. The van der Waals surface area contributed by atoms with E-state index in [0.29, 0.717) is 0 Å². The molecule has 0 radical (unpaired) electrons. The number of hydrogen-bond donors (Lipinski definition) is 1. The molecule has 1 atom stereocenters. The van der Waals surface area contributed by atoms with Gasteiger partial charge in [-0.05, 0) is 19.1 Å². The van der Waals surface area contributed by atoms with Crippen molar-refractivity contribution in [3.05, 3.63) is 30.3 Å². The lowest BCUT2D eigenvalue weighted by molar-refractivity contribution is 0.681. The zero-order valence-corrected chi connectivity index (χ0v) is 9.18. The van der Waals surface area contributed by atoms with Crippen molar-refractivity contribution in [1.82, 2.24) is 5.32 Å². The van der Waals surface area contributed by atoms with Crippen molar-refractivity contribution >= 4 is 11.8 Å². The quantitative estimate of drug-likeness (QED) is 0.450. The molecule has 1 aromatic rings. The van der Waals surface area contributed by atoms with Gasteiger partial charge in [-0.25, -0.2) is 0 Å². The van der Waals surface area contributed by atoms with Crippen LogP contribution in [0.1, 0.15) is 6.92 Å². The maximum absolute atomic E-state index is 5.25. The first-order chi connectivity index (χ1) is 6.83. The maximum atomic E-state index is 5.25. The minimum atomic E-state index is 0.173. The standard InChI is InChI=1S/C12H15NS/c1-3-11(2)13-9-10-14-12-7-5-4-6-8-12/h1,4-8,11,13H,9-10H2,2H3. The first-order valence-corrected chi connectivity index (χ1v) is 5.69. The van der Waals surface area contributed by atoms with Crippen LogP contribution in [0, 0.1) is 12.3 Å². The van der Waals surface area contributed by atoms with E-state index >= 15 is 0 Å². The Kier molecular flexibility index (Phi) is 5.21. The molecule has 1 N–H and O–H groups in total. The van der Waals surface area contributed by atoms with Gasteiger partial charge in [0.1, 0.15) is 0 Å². The smallest absolute Gasteiger partial charge is 0.0658 e. The van der Waals surface area contributed by atoms with Crippen LogP contribution in [0.3, 0.4) is 0 Å². The summed E-state index contributed by atoms with van der Waals surface area (Å²) in [5.41, 5.74) is 0. The zero-order valence-electron chi connectivity index (χ0n) is 8.36. The van der Waals surface area contributed by atoms with Gasteiger partial charge in [0.2, 0.25) is 0 Å². The Bertz CT molecular complexity index is 289. The second-order valence-electron chi connectivity index (χ2n) is 3.00. The third-order valence-corrected chi connectivity index (χ3v) is 2.83. The summed E-state index contributed by atoms with van der Waals surface area (Å²) in [5.74, 6) is 3.69. The Hall–Kier alpha value is -0.910. The molecular formula is C12H15NS. The van der Waals surface area contributed by atoms with Crippen LogP contribution in [0.4, 0.5) is 0 Å². The van der Waals surface area contributed by atoms with Gasteiger partial charge in [-0.2, -0.15) is 0 Å². The summed E-state index contributed by atoms with van der Waals surface area (Å²) in [6.07, 6.45) is 5.25. The van der Waals surface area contributed by atoms with Crippen LogP contribution in [0.2, 0.25) is 0 Å². The molecule has 0 aromatic heterocycles. The van der Waals surface area contributed by atoms with Crippen LogP contribution in [0.15, 0.2) is 35.2 Å². The monoisotopic (exact) mass is 205 g/mol. The molecule has 2 heteroatoms. The fourth-order valence-corrected chi connectivity index (χ4v) is 1.83. The molecule has 0 bridgehead atoms. The number of nitrogens with one attached hydrogen (secondary N) is 1. The van der Waals surface area contributed by atoms with E-state index in [4.69, 9.17) is 6.42 Å². The molecule has 0 aliphatic rings. The molecule has 0 saturated heterocycles. The molecule has 74 valence electrons. The Morgan fingerprint density at radius 1 is 1.43 bits per heavy atom. The lowest BCUT2D eigenvalue weighted by atomic mass is 10.4. The predicted octanol–water partition coefficient (Wildman–Crippen LogP) is 2.39. The van der Waals surface area contributed by atoms with Crippen LogP contribution >= 0.6 is 11.8 Å². The van der Waals surface area contributed by atoms with E-state index < -0.39 is 0 Å². The van der Waals surface area contributed by atoms with Crippen molar-refractivity contribution in [1.29, 1.82) is 0 Å². The van der Waals surface area contributed by atoms with Gasteiger partial charge in [0.15, 0.2) is 0 Å². The molecule has 0 amide bonds. The summed E-state index contributed by atoms with van der Waals surface area (Å²) >= 11 is 1.84. The topological polar surface area (TPSA) is 12.0 Å². The van der Waals surface area contributed by atoms with Crippen LogP contribution < -0.4 is 5.32 Å². The largest absolute Gasteiger partial charge is 0.303 e. The van der Waals surface area contributed by atoms with E-state index in [0.717, 1.165) is 12.3 Å². The van der Waals surface area contributed by atoms with Gasteiger partial charge in [-0.1, -0.05) is 24.1 Å². The van der Waals surface area contributed by atoms with Crippen molar-refractivity contribution < 1.29 is 0 Å². The van der Waals surface area contributed by atoms with Crippen LogP contribution in [0.25, 0.3) is 0 Å². The highest BCUT2D eigenvalue weighted by molar-refractivity contribution is 7.99. The number of benzene rings is 1. The molecule has 1 unspecified atom stereocenters. The summed E-state index contributed by atoms with van der Waals surface area (Å²) in [5, 5.41) is 3.25. The van der Waals surface area contributed by atoms with Crippen molar-refractivity contribution in [3.8, 4) is 12.3 Å². The summed E-state index contributed by atoms with van der Waals surface area (Å²) in [4.78, 5) is 1.31. The number of hydrogen-bond acceptors (Lipinski definition) is 2. The molecule has 0 aliphatic carbocycles. The molecule has 0 spiro atoms. The van der Waals surface area contributed by atoms with Gasteiger partial charge < -0.3 is 5.32 Å². The third kappa shape index (κ3) is 4.36. The summed E-state index contributed by atoms with van der Waals surface area (Å²) in [6, 6.07) is 10.6. The molecule has 0 fully saturated rings. The van der Waals surface area contributed by atoms with Crippen molar-refractivity contribution in [2.75, 3.05) is 12.3 Å². The molecule has 0 heterocycles. The average molecular weight is 205 g/mol. The van der Waals surface area contributed by atoms with E-state index in [1.165, 1.54) is 4.90 Å². The van der Waals surface area contributed by atoms with Gasteiger partial charge in [0, 0.05) is 17.2 Å². The predicted molar refractivity (Wildman–Crippen MR) is 63.5 cm³/mol. The highest BCUT2D eigenvalue weighted by Gasteiger charge is 1.95. The normalized spacial score (nSPS) is 12.0. The van der Waals surface area contributed by atoms with E-state index in [2.05, 4.69) is 35.5 Å². The molecular weight excluding hydrogens is 190 g/mol. The van der Waals surface area contributed by atoms with E-state index in [1.54, 1.807) is 0 Å². The van der Waals surface area contributed by atoms with Gasteiger partial charge >= 0.3 is 0 Å².